The van der Waals surface area contributed by atoms with Crippen LogP contribution in [0, 0.1) is 5.92 Å². The predicted octanol–water partition coefficient (Wildman–Crippen LogP) is 2.56. The quantitative estimate of drug-likeness (QED) is 0.801. The molecule has 5 rings (SSSR count). The number of aryl methyl sites for hydroxylation is 1. The van der Waals surface area contributed by atoms with Crippen LogP contribution in [0.25, 0.3) is 0 Å². The van der Waals surface area contributed by atoms with Crippen LogP contribution in [0.4, 0.5) is 4.79 Å². The maximum Gasteiger partial charge on any atom is 0.325 e. The zero-order valence-corrected chi connectivity index (χ0v) is 16.2. The summed E-state index contributed by atoms with van der Waals surface area (Å²) in [5, 5.41) is 2.92. The normalized spacial score (nSPS) is 31.7. The molecule has 0 bridgehead atoms. The SMILES string of the molecule is O=C1N[C@]2(CCc3ccccc32)C(=O)N1CC(=O)N1CCC[C@H]2CCCC[C@H]21. The van der Waals surface area contributed by atoms with E-state index in [0.717, 1.165) is 48.3 Å². The van der Waals surface area contributed by atoms with Crippen molar-refractivity contribution in [1.29, 1.82) is 0 Å². The fraction of sp³-hybridized carbons (Fsp3) is 0.591. The van der Waals surface area contributed by atoms with E-state index in [-0.39, 0.29) is 24.4 Å². The van der Waals surface area contributed by atoms with Crippen molar-refractivity contribution in [1.82, 2.24) is 15.1 Å². The number of rotatable bonds is 2. The van der Waals surface area contributed by atoms with E-state index in [1.165, 1.54) is 19.3 Å². The van der Waals surface area contributed by atoms with E-state index in [0.29, 0.717) is 12.3 Å². The molecule has 1 spiro atoms. The first-order chi connectivity index (χ1) is 13.6. The van der Waals surface area contributed by atoms with Crippen molar-refractivity contribution in [2.45, 2.75) is 62.9 Å². The van der Waals surface area contributed by atoms with Gasteiger partial charge in [0.05, 0.1) is 0 Å². The molecular weight excluding hydrogens is 354 g/mol. The molecule has 4 amide bonds. The van der Waals surface area contributed by atoms with Crippen LogP contribution in [0.5, 0.6) is 0 Å². The Morgan fingerprint density at radius 1 is 1.11 bits per heavy atom. The fourth-order valence-corrected chi connectivity index (χ4v) is 5.89. The zero-order valence-electron chi connectivity index (χ0n) is 16.2. The van der Waals surface area contributed by atoms with Crippen molar-refractivity contribution in [3.63, 3.8) is 0 Å². The molecule has 6 nitrogen and oxygen atoms in total. The van der Waals surface area contributed by atoms with Crippen molar-refractivity contribution >= 4 is 17.8 Å². The van der Waals surface area contributed by atoms with E-state index >= 15 is 0 Å². The smallest absolute Gasteiger partial charge is 0.325 e. The molecule has 2 aliphatic carbocycles. The van der Waals surface area contributed by atoms with Crippen LogP contribution in [0.15, 0.2) is 24.3 Å². The van der Waals surface area contributed by atoms with Gasteiger partial charge in [0.15, 0.2) is 0 Å². The van der Waals surface area contributed by atoms with Gasteiger partial charge in [0, 0.05) is 12.6 Å². The maximum absolute atomic E-state index is 13.3. The second kappa shape index (κ2) is 6.61. The largest absolute Gasteiger partial charge is 0.338 e. The molecule has 1 aromatic carbocycles. The summed E-state index contributed by atoms with van der Waals surface area (Å²) >= 11 is 0. The highest BCUT2D eigenvalue weighted by molar-refractivity contribution is 6.09. The first kappa shape index (κ1) is 17.7. The van der Waals surface area contributed by atoms with E-state index < -0.39 is 11.6 Å². The van der Waals surface area contributed by atoms with Gasteiger partial charge in [0.25, 0.3) is 5.91 Å². The van der Waals surface area contributed by atoms with Crippen molar-refractivity contribution in [3.05, 3.63) is 35.4 Å². The summed E-state index contributed by atoms with van der Waals surface area (Å²) in [5.41, 5.74) is 1.00. The van der Waals surface area contributed by atoms with Crippen molar-refractivity contribution in [2.75, 3.05) is 13.1 Å². The van der Waals surface area contributed by atoms with Crippen LogP contribution in [0.2, 0.25) is 0 Å². The summed E-state index contributed by atoms with van der Waals surface area (Å²) in [7, 11) is 0. The molecule has 6 heteroatoms. The van der Waals surface area contributed by atoms with Gasteiger partial charge in [-0.05, 0) is 55.6 Å². The Hall–Kier alpha value is -2.37. The van der Waals surface area contributed by atoms with E-state index in [4.69, 9.17) is 0 Å². The third-order valence-corrected chi connectivity index (χ3v) is 7.28. The Balaban J connectivity index is 1.35. The summed E-state index contributed by atoms with van der Waals surface area (Å²) in [6, 6.07) is 7.63. The first-order valence-corrected chi connectivity index (χ1v) is 10.6. The van der Waals surface area contributed by atoms with Crippen LogP contribution in [0.3, 0.4) is 0 Å². The Morgan fingerprint density at radius 3 is 2.79 bits per heavy atom. The lowest BCUT2D eigenvalue weighted by Gasteiger charge is -2.44. The summed E-state index contributed by atoms with van der Waals surface area (Å²) in [4.78, 5) is 42.2. The number of fused-ring (bicyclic) bond motifs is 3. The Morgan fingerprint density at radius 2 is 1.89 bits per heavy atom. The molecule has 2 saturated heterocycles. The molecule has 0 radical (unpaired) electrons. The standard InChI is InChI=1S/C22H27N3O3/c26-19(24-13-5-8-16-7-2-4-10-18(16)24)14-25-20(27)22(23-21(25)28)12-11-15-6-1-3-9-17(15)22/h1,3,6,9,16,18H,2,4-5,7-8,10-14H2,(H,23,28)/t16-,18-,22+/m1/s1. The van der Waals surface area contributed by atoms with Crippen LogP contribution in [0.1, 0.15) is 56.1 Å². The highest BCUT2D eigenvalue weighted by Gasteiger charge is 2.55. The van der Waals surface area contributed by atoms with E-state index in [1.807, 2.05) is 29.2 Å². The van der Waals surface area contributed by atoms with Gasteiger partial charge in [-0.15, -0.1) is 0 Å². The summed E-state index contributed by atoms with van der Waals surface area (Å²) < 4.78 is 0. The summed E-state index contributed by atoms with van der Waals surface area (Å²) in [5.74, 6) is 0.235. The third kappa shape index (κ3) is 2.57. The number of benzene rings is 1. The first-order valence-electron chi connectivity index (χ1n) is 10.6. The van der Waals surface area contributed by atoms with Gasteiger partial charge in [0.2, 0.25) is 5.91 Å². The van der Waals surface area contributed by atoms with Crippen LogP contribution in [-0.4, -0.2) is 46.8 Å². The minimum Gasteiger partial charge on any atom is -0.338 e. The average Bonchev–Trinajstić information content (AvgIpc) is 3.21. The van der Waals surface area contributed by atoms with Crippen LogP contribution < -0.4 is 5.32 Å². The van der Waals surface area contributed by atoms with Crippen LogP contribution in [-0.2, 0) is 21.5 Å². The summed E-state index contributed by atoms with van der Waals surface area (Å²) in [6.45, 7) is 0.607. The molecular formula is C22H27N3O3. The average molecular weight is 381 g/mol. The summed E-state index contributed by atoms with van der Waals surface area (Å²) in [6.07, 6.45) is 8.19. The molecule has 28 heavy (non-hydrogen) atoms. The Bertz CT molecular complexity index is 836. The second-order valence-electron chi connectivity index (χ2n) is 8.73. The third-order valence-electron chi connectivity index (χ3n) is 7.28. The molecule has 1 N–H and O–H groups in total. The number of nitrogens with zero attached hydrogens (tertiary/aromatic N) is 2. The molecule has 0 aromatic heterocycles. The molecule has 0 unspecified atom stereocenters. The molecule has 3 fully saturated rings. The monoisotopic (exact) mass is 381 g/mol. The molecule has 1 saturated carbocycles. The molecule has 4 aliphatic rings. The van der Waals surface area contributed by atoms with Gasteiger partial charge in [-0.1, -0.05) is 37.1 Å². The minimum absolute atomic E-state index is 0.0802. The highest BCUT2D eigenvalue weighted by atomic mass is 16.2. The number of carbonyl (C=O) groups is 3. The van der Waals surface area contributed by atoms with Gasteiger partial charge in [0.1, 0.15) is 12.1 Å². The number of nitrogens with one attached hydrogen (secondary N) is 1. The lowest BCUT2D eigenvalue weighted by atomic mass is 9.78. The number of urea groups is 1. The molecule has 1 aromatic rings. The molecule has 148 valence electrons. The number of hydrogen-bond donors (Lipinski definition) is 1. The number of imide groups is 1. The Labute approximate surface area is 165 Å². The number of hydrogen-bond acceptors (Lipinski definition) is 3. The minimum atomic E-state index is -0.983. The highest BCUT2D eigenvalue weighted by Crippen LogP contribution is 2.41. The van der Waals surface area contributed by atoms with Crippen LogP contribution >= 0.6 is 0 Å². The maximum atomic E-state index is 13.3. The topological polar surface area (TPSA) is 69.7 Å². The number of likely N-dealkylation sites (tertiary alicyclic amines) is 1. The molecule has 3 atom stereocenters. The van der Waals surface area contributed by atoms with Gasteiger partial charge in [-0.3, -0.25) is 14.5 Å². The van der Waals surface area contributed by atoms with Gasteiger partial charge in [-0.25, -0.2) is 4.79 Å². The van der Waals surface area contributed by atoms with Crippen molar-refractivity contribution < 1.29 is 14.4 Å². The van der Waals surface area contributed by atoms with Gasteiger partial charge < -0.3 is 10.2 Å². The molecule has 2 aliphatic heterocycles. The molecule has 2 heterocycles. The fourth-order valence-electron chi connectivity index (χ4n) is 5.89. The zero-order chi connectivity index (χ0) is 19.3. The van der Waals surface area contributed by atoms with E-state index in [2.05, 4.69) is 5.32 Å². The second-order valence-corrected chi connectivity index (χ2v) is 8.73. The van der Waals surface area contributed by atoms with E-state index in [1.54, 1.807) is 0 Å². The Kier molecular flexibility index (Phi) is 4.18. The number of piperidine rings is 1. The van der Waals surface area contributed by atoms with Gasteiger partial charge in [-0.2, -0.15) is 0 Å². The number of amides is 4. The lowest BCUT2D eigenvalue weighted by molar-refractivity contribution is -0.143. The van der Waals surface area contributed by atoms with Gasteiger partial charge >= 0.3 is 6.03 Å². The number of carbonyl (C=O) groups excluding carboxylic acids is 3. The van der Waals surface area contributed by atoms with Crippen molar-refractivity contribution in [2.24, 2.45) is 5.92 Å². The van der Waals surface area contributed by atoms with E-state index in [9.17, 15) is 14.4 Å². The lowest BCUT2D eigenvalue weighted by Crippen LogP contribution is -2.53. The predicted molar refractivity (Wildman–Crippen MR) is 103 cm³/mol. The van der Waals surface area contributed by atoms with Crippen molar-refractivity contribution in [3.8, 4) is 0 Å².